The zero-order valence-electron chi connectivity index (χ0n) is 15.6. The molecule has 0 aromatic heterocycles. The lowest BCUT2D eigenvalue weighted by atomic mass is 10.0. The molecule has 4 nitrogen and oxygen atoms in total. The second-order valence-electron chi connectivity index (χ2n) is 7.16. The van der Waals surface area contributed by atoms with Crippen molar-refractivity contribution in [1.29, 1.82) is 0 Å². The molecule has 0 saturated heterocycles. The number of ketones is 1. The molecule has 0 aliphatic carbocycles. The Kier molecular flexibility index (Phi) is 4.58. The summed E-state index contributed by atoms with van der Waals surface area (Å²) in [5.74, 6) is 1.58. The third-order valence-corrected chi connectivity index (χ3v) is 5.35. The molecule has 0 unspecified atom stereocenters. The van der Waals surface area contributed by atoms with E-state index >= 15 is 0 Å². The molecule has 144 valence electrons. The van der Waals surface area contributed by atoms with Crippen molar-refractivity contribution in [1.82, 2.24) is 4.90 Å². The number of hydrogen-bond donors (Lipinski definition) is 0. The van der Waals surface area contributed by atoms with Gasteiger partial charge in [-0.25, -0.2) is 0 Å². The van der Waals surface area contributed by atoms with E-state index in [1.165, 1.54) is 5.56 Å². The van der Waals surface area contributed by atoms with Crippen LogP contribution >= 0.6 is 11.6 Å². The quantitative estimate of drug-likeness (QED) is 0.555. The molecule has 5 heteroatoms. The Hall–Kier alpha value is -3.08. The summed E-state index contributed by atoms with van der Waals surface area (Å²) >= 11 is 5.94. The number of rotatable bonds is 3. The van der Waals surface area contributed by atoms with E-state index in [0.717, 1.165) is 23.4 Å². The smallest absolute Gasteiger partial charge is 0.231 e. The lowest BCUT2D eigenvalue weighted by molar-refractivity contribution is 0.0873. The molecule has 3 aromatic rings. The highest BCUT2D eigenvalue weighted by Crippen LogP contribution is 2.42. The third kappa shape index (κ3) is 3.53. The van der Waals surface area contributed by atoms with Gasteiger partial charge in [0.25, 0.3) is 0 Å². The molecule has 2 aliphatic heterocycles. The second-order valence-corrected chi connectivity index (χ2v) is 7.59. The zero-order chi connectivity index (χ0) is 19.8. The molecular weight excluding hydrogens is 386 g/mol. The monoisotopic (exact) mass is 403 g/mol. The van der Waals surface area contributed by atoms with Gasteiger partial charge in [0, 0.05) is 18.1 Å². The van der Waals surface area contributed by atoms with E-state index in [1.807, 2.05) is 36.4 Å². The number of ether oxygens (including phenoxy) is 2. The van der Waals surface area contributed by atoms with Crippen LogP contribution in [-0.4, -0.2) is 17.4 Å². The van der Waals surface area contributed by atoms with Gasteiger partial charge < -0.3 is 9.47 Å². The van der Waals surface area contributed by atoms with Gasteiger partial charge in [0.1, 0.15) is 18.2 Å². The average molecular weight is 404 g/mol. The summed E-state index contributed by atoms with van der Waals surface area (Å²) in [4.78, 5) is 15.0. The van der Waals surface area contributed by atoms with Gasteiger partial charge in [0.05, 0.1) is 11.1 Å². The van der Waals surface area contributed by atoms with Crippen molar-refractivity contribution in [3.63, 3.8) is 0 Å². The molecule has 29 heavy (non-hydrogen) atoms. The minimum atomic E-state index is -0.113. The third-order valence-electron chi connectivity index (χ3n) is 5.10. The number of hydrogen-bond acceptors (Lipinski definition) is 4. The van der Waals surface area contributed by atoms with E-state index in [-0.39, 0.29) is 5.78 Å². The fourth-order valence-corrected chi connectivity index (χ4v) is 3.78. The van der Waals surface area contributed by atoms with Crippen molar-refractivity contribution in [2.75, 3.05) is 6.73 Å². The van der Waals surface area contributed by atoms with Crippen molar-refractivity contribution < 1.29 is 14.3 Å². The first-order valence-electron chi connectivity index (χ1n) is 9.42. The van der Waals surface area contributed by atoms with Crippen LogP contribution in [0.25, 0.3) is 6.08 Å². The number of carbonyl (C=O) groups is 1. The fourth-order valence-electron chi connectivity index (χ4n) is 3.66. The molecule has 0 saturated carbocycles. The molecule has 0 fully saturated rings. The first-order chi connectivity index (χ1) is 14.2. The van der Waals surface area contributed by atoms with E-state index in [4.69, 9.17) is 21.1 Å². The molecule has 0 spiro atoms. The minimum absolute atomic E-state index is 0.113. The van der Waals surface area contributed by atoms with E-state index in [2.05, 4.69) is 17.0 Å². The van der Waals surface area contributed by atoms with Gasteiger partial charge in [0.2, 0.25) is 5.78 Å². The zero-order valence-corrected chi connectivity index (χ0v) is 16.4. The molecular formula is C24H18ClNO3. The number of carbonyl (C=O) groups excluding carboxylic acids is 1. The number of Topliss-reactive ketones (excluding diaryl/α,β-unsaturated/α-hetero) is 1. The van der Waals surface area contributed by atoms with Crippen LogP contribution in [0.3, 0.4) is 0 Å². The lowest BCUT2D eigenvalue weighted by Crippen LogP contribution is -2.31. The number of allylic oxidation sites excluding steroid dienone is 1. The van der Waals surface area contributed by atoms with E-state index in [0.29, 0.717) is 35.4 Å². The molecule has 0 N–H and O–H groups in total. The van der Waals surface area contributed by atoms with Crippen LogP contribution in [0.2, 0.25) is 5.02 Å². The molecule has 3 aromatic carbocycles. The number of halogens is 1. The summed E-state index contributed by atoms with van der Waals surface area (Å²) in [5.41, 5.74) is 3.57. The second kappa shape index (κ2) is 7.39. The predicted octanol–water partition coefficient (Wildman–Crippen LogP) is 5.31. The summed E-state index contributed by atoms with van der Waals surface area (Å²) in [6, 6.07) is 21.2. The number of nitrogens with zero attached hydrogens (tertiary/aromatic N) is 1. The van der Waals surface area contributed by atoms with Crippen LogP contribution in [0.4, 0.5) is 0 Å². The maximum atomic E-state index is 12.9. The van der Waals surface area contributed by atoms with Crippen LogP contribution < -0.4 is 9.47 Å². The Morgan fingerprint density at radius 2 is 1.79 bits per heavy atom. The van der Waals surface area contributed by atoms with Gasteiger partial charge in [-0.3, -0.25) is 9.69 Å². The summed E-state index contributed by atoms with van der Waals surface area (Å²) in [5, 5.41) is 0.652. The summed E-state index contributed by atoms with van der Waals surface area (Å²) in [6.07, 6.45) is 1.75. The van der Waals surface area contributed by atoms with Crippen LogP contribution in [0.1, 0.15) is 27.0 Å². The molecule has 0 bridgehead atoms. The number of benzene rings is 3. The normalized spacial score (nSPS) is 16.9. The number of fused-ring (bicyclic) bond motifs is 3. The van der Waals surface area contributed by atoms with Gasteiger partial charge in [-0.15, -0.1) is 0 Å². The Bertz CT molecular complexity index is 1110. The molecule has 0 amide bonds. The Balaban J connectivity index is 1.43. The standard InChI is InChI=1S/C24H18ClNO3/c25-18-8-6-16(7-9-18)12-22-23(27)19-10-11-21-20(24(19)29-22)14-26(15-28-21)13-17-4-2-1-3-5-17/h1-12H,13-15H2/b22-12-. The fraction of sp³-hybridized carbons (Fsp3) is 0.125. The average Bonchev–Trinajstić information content (AvgIpc) is 3.06. The van der Waals surface area contributed by atoms with Crippen molar-refractivity contribution >= 4 is 23.5 Å². The first kappa shape index (κ1) is 18.0. The molecule has 2 heterocycles. The summed E-state index contributed by atoms with van der Waals surface area (Å²) in [6.45, 7) is 1.93. The van der Waals surface area contributed by atoms with Gasteiger partial charge in [-0.05, 0) is 41.5 Å². The van der Waals surface area contributed by atoms with Crippen LogP contribution in [0, 0.1) is 0 Å². The van der Waals surface area contributed by atoms with E-state index < -0.39 is 0 Å². The maximum Gasteiger partial charge on any atom is 0.231 e. The van der Waals surface area contributed by atoms with Gasteiger partial charge in [0.15, 0.2) is 5.76 Å². The van der Waals surface area contributed by atoms with E-state index in [1.54, 1.807) is 24.3 Å². The minimum Gasteiger partial charge on any atom is -0.478 e. The topological polar surface area (TPSA) is 38.8 Å². The Morgan fingerprint density at radius 1 is 1.00 bits per heavy atom. The predicted molar refractivity (Wildman–Crippen MR) is 112 cm³/mol. The lowest BCUT2D eigenvalue weighted by Gasteiger charge is -2.29. The van der Waals surface area contributed by atoms with Crippen LogP contribution in [0.5, 0.6) is 11.5 Å². The maximum absolute atomic E-state index is 12.9. The van der Waals surface area contributed by atoms with Crippen LogP contribution in [-0.2, 0) is 13.1 Å². The van der Waals surface area contributed by atoms with E-state index in [9.17, 15) is 4.79 Å². The van der Waals surface area contributed by atoms with Crippen molar-refractivity contribution in [2.45, 2.75) is 13.1 Å². The van der Waals surface area contributed by atoms with Gasteiger partial charge in [-0.1, -0.05) is 54.1 Å². The Labute approximate surface area is 173 Å². The first-order valence-corrected chi connectivity index (χ1v) is 9.80. The molecule has 2 aliphatic rings. The molecule has 5 rings (SSSR count). The van der Waals surface area contributed by atoms with Crippen LogP contribution in [0.15, 0.2) is 72.5 Å². The highest BCUT2D eigenvalue weighted by molar-refractivity contribution is 6.30. The highest BCUT2D eigenvalue weighted by atomic mass is 35.5. The van der Waals surface area contributed by atoms with Crippen molar-refractivity contribution in [3.05, 3.63) is 99.8 Å². The summed E-state index contributed by atoms with van der Waals surface area (Å²) < 4.78 is 12.0. The molecule has 0 atom stereocenters. The van der Waals surface area contributed by atoms with Crippen molar-refractivity contribution in [2.24, 2.45) is 0 Å². The van der Waals surface area contributed by atoms with Crippen molar-refractivity contribution in [3.8, 4) is 11.5 Å². The Morgan fingerprint density at radius 3 is 2.59 bits per heavy atom. The van der Waals surface area contributed by atoms with Gasteiger partial charge in [-0.2, -0.15) is 0 Å². The SMILES string of the molecule is O=C1/C(=C/c2ccc(Cl)cc2)Oc2c1ccc1c2CN(Cc2ccccc2)CO1. The summed E-state index contributed by atoms with van der Waals surface area (Å²) in [7, 11) is 0. The molecule has 0 radical (unpaired) electrons. The largest absolute Gasteiger partial charge is 0.478 e. The van der Waals surface area contributed by atoms with Gasteiger partial charge >= 0.3 is 0 Å². The highest BCUT2D eigenvalue weighted by Gasteiger charge is 2.33.